The molecule has 4 rings (SSSR count). The van der Waals surface area contributed by atoms with E-state index in [9.17, 15) is 4.79 Å². The Morgan fingerprint density at radius 3 is 2.88 bits per heavy atom. The van der Waals surface area contributed by atoms with Crippen molar-refractivity contribution >= 4 is 11.7 Å². The highest BCUT2D eigenvalue weighted by Crippen LogP contribution is 2.39. The lowest BCUT2D eigenvalue weighted by Gasteiger charge is -2.24. The summed E-state index contributed by atoms with van der Waals surface area (Å²) < 4.78 is 7.19. The zero-order valence-corrected chi connectivity index (χ0v) is 14.9. The second-order valence-corrected chi connectivity index (χ2v) is 6.42. The highest BCUT2D eigenvalue weighted by molar-refractivity contribution is 5.94. The summed E-state index contributed by atoms with van der Waals surface area (Å²) in [5.74, 6) is 1.52. The van der Waals surface area contributed by atoms with Crippen LogP contribution in [-0.4, -0.2) is 22.8 Å². The second kappa shape index (κ2) is 6.67. The average Bonchev–Trinajstić information content (AvgIpc) is 3.10. The van der Waals surface area contributed by atoms with Crippen molar-refractivity contribution in [2.24, 2.45) is 0 Å². The van der Waals surface area contributed by atoms with Gasteiger partial charge in [0.15, 0.2) is 0 Å². The Morgan fingerprint density at radius 2 is 2.08 bits per heavy atom. The SMILES string of the molecule is CCc1ccccc1-n1ncc2c1NC(=O)CC2c1cccc(OC)c1. The summed E-state index contributed by atoms with van der Waals surface area (Å²) in [7, 11) is 1.65. The molecule has 1 N–H and O–H groups in total. The summed E-state index contributed by atoms with van der Waals surface area (Å²) in [5, 5.41) is 7.62. The van der Waals surface area contributed by atoms with Crippen molar-refractivity contribution in [3.63, 3.8) is 0 Å². The quantitative estimate of drug-likeness (QED) is 0.778. The minimum absolute atomic E-state index is 0.000972. The number of hydrogen-bond acceptors (Lipinski definition) is 3. The van der Waals surface area contributed by atoms with Crippen LogP contribution in [0.1, 0.15) is 36.0 Å². The number of methoxy groups -OCH3 is 1. The van der Waals surface area contributed by atoms with Gasteiger partial charge in [0, 0.05) is 17.9 Å². The number of ether oxygens (including phenoxy) is 1. The Balaban J connectivity index is 1.83. The lowest BCUT2D eigenvalue weighted by atomic mass is 9.87. The van der Waals surface area contributed by atoms with E-state index >= 15 is 0 Å². The van der Waals surface area contributed by atoms with E-state index in [1.807, 2.05) is 53.3 Å². The molecule has 5 nitrogen and oxygen atoms in total. The molecule has 1 aromatic heterocycles. The number of para-hydroxylation sites is 1. The number of hydrogen-bond donors (Lipinski definition) is 1. The number of rotatable bonds is 4. The van der Waals surface area contributed by atoms with E-state index in [1.54, 1.807) is 7.11 Å². The summed E-state index contributed by atoms with van der Waals surface area (Å²) in [6.07, 6.45) is 3.17. The zero-order chi connectivity index (χ0) is 18.1. The Hall–Kier alpha value is -3.08. The van der Waals surface area contributed by atoms with Crippen molar-refractivity contribution in [3.05, 3.63) is 71.4 Å². The highest BCUT2D eigenvalue weighted by Gasteiger charge is 2.30. The van der Waals surface area contributed by atoms with Gasteiger partial charge in [0.2, 0.25) is 5.91 Å². The van der Waals surface area contributed by atoms with E-state index in [0.29, 0.717) is 6.42 Å². The average molecular weight is 347 g/mol. The molecule has 1 unspecified atom stereocenters. The minimum Gasteiger partial charge on any atom is -0.497 e. The van der Waals surface area contributed by atoms with Crippen molar-refractivity contribution in [3.8, 4) is 11.4 Å². The van der Waals surface area contributed by atoms with Gasteiger partial charge in [-0.3, -0.25) is 4.79 Å². The molecule has 0 radical (unpaired) electrons. The summed E-state index contributed by atoms with van der Waals surface area (Å²) in [5.41, 5.74) is 4.28. The van der Waals surface area contributed by atoms with Crippen LogP contribution < -0.4 is 10.1 Å². The van der Waals surface area contributed by atoms with Crippen LogP contribution in [0.25, 0.3) is 5.69 Å². The fourth-order valence-corrected chi connectivity index (χ4v) is 3.57. The van der Waals surface area contributed by atoms with Gasteiger partial charge < -0.3 is 10.1 Å². The Morgan fingerprint density at radius 1 is 1.23 bits per heavy atom. The molecule has 0 fully saturated rings. The van der Waals surface area contributed by atoms with Crippen LogP contribution in [0.5, 0.6) is 5.75 Å². The second-order valence-electron chi connectivity index (χ2n) is 6.42. The number of carbonyl (C=O) groups is 1. The topological polar surface area (TPSA) is 56.2 Å². The van der Waals surface area contributed by atoms with Crippen LogP contribution in [0.4, 0.5) is 5.82 Å². The van der Waals surface area contributed by atoms with Gasteiger partial charge in [0.1, 0.15) is 11.6 Å². The van der Waals surface area contributed by atoms with Crippen molar-refractivity contribution in [1.29, 1.82) is 0 Å². The van der Waals surface area contributed by atoms with Crippen LogP contribution in [0.15, 0.2) is 54.7 Å². The number of nitrogens with one attached hydrogen (secondary N) is 1. The number of aryl methyl sites for hydroxylation is 1. The van der Waals surface area contributed by atoms with Crippen molar-refractivity contribution < 1.29 is 9.53 Å². The highest BCUT2D eigenvalue weighted by atomic mass is 16.5. The first-order valence-electron chi connectivity index (χ1n) is 8.81. The molecule has 5 heteroatoms. The predicted molar refractivity (Wildman–Crippen MR) is 101 cm³/mol. The largest absolute Gasteiger partial charge is 0.497 e. The maximum absolute atomic E-state index is 12.4. The van der Waals surface area contributed by atoms with Crippen LogP contribution >= 0.6 is 0 Å². The number of benzene rings is 2. The van der Waals surface area contributed by atoms with Gasteiger partial charge in [-0.1, -0.05) is 37.3 Å². The minimum atomic E-state index is -0.0311. The molecule has 132 valence electrons. The normalized spacial score (nSPS) is 16.1. The van der Waals surface area contributed by atoms with E-state index in [-0.39, 0.29) is 11.8 Å². The Labute approximate surface area is 152 Å². The van der Waals surface area contributed by atoms with Crippen LogP contribution in [0.3, 0.4) is 0 Å². The molecule has 0 aliphatic carbocycles. The van der Waals surface area contributed by atoms with Crippen molar-refractivity contribution in [2.75, 3.05) is 12.4 Å². The molecule has 0 saturated heterocycles. The summed E-state index contributed by atoms with van der Waals surface area (Å²) in [6, 6.07) is 16.0. The smallest absolute Gasteiger partial charge is 0.226 e. The van der Waals surface area contributed by atoms with E-state index in [4.69, 9.17) is 4.74 Å². The number of aromatic nitrogens is 2. The van der Waals surface area contributed by atoms with Crippen molar-refractivity contribution in [2.45, 2.75) is 25.7 Å². The van der Waals surface area contributed by atoms with Gasteiger partial charge in [0.25, 0.3) is 0 Å². The van der Waals surface area contributed by atoms with Gasteiger partial charge in [0.05, 0.1) is 19.0 Å². The molecule has 2 aromatic carbocycles. The lowest BCUT2D eigenvalue weighted by molar-refractivity contribution is -0.116. The van der Waals surface area contributed by atoms with Gasteiger partial charge in [-0.2, -0.15) is 5.10 Å². The molecule has 0 bridgehead atoms. The van der Waals surface area contributed by atoms with Crippen LogP contribution in [0, 0.1) is 0 Å². The third kappa shape index (κ3) is 2.75. The van der Waals surface area contributed by atoms with Crippen LogP contribution in [-0.2, 0) is 11.2 Å². The molecule has 3 aromatic rings. The number of amides is 1. The van der Waals surface area contributed by atoms with E-state index in [2.05, 4.69) is 23.4 Å². The molecule has 1 amide bonds. The molecular formula is C21H21N3O2. The number of anilines is 1. The molecular weight excluding hydrogens is 326 g/mol. The Kier molecular flexibility index (Phi) is 4.21. The van der Waals surface area contributed by atoms with E-state index in [1.165, 1.54) is 5.56 Å². The maximum atomic E-state index is 12.4. The van der Waals surface area contributed by atoms with Crippen LogP contribution in [0.2, 0.25) is 0 Å². The molecule has 1 aliphatic rings. The van der Waals surface area contributed by atoms with Gasteiger partial charge in [-0.05, 0) is 35.7 Å². The van der Waals surface area contributed by atoms with E-state index < -0.39 is 0 Å². The Bertz CT molecular complexity index is 961. The molecule has 1 atom stereocenters. The van der Waals surface area contributed by atoms with Gasteiger partial charge in [-0.15, -0.1) is 0 Å². The number of nitrogens with zero attached hydrogens (tertiary/aromatic N) is 2. The van der Waals surface area contributed by atoms with Gasteiger partial charge >= 0.3 is 0 Å². The molecule has 1 aliphatic heterocycles. The molecule has 2 heterocycles. The first-order chi connectivity index (χ1) is 12.7. The van der Waals surface area contributed by atoms with E-state index in [0.717, 1.165) is 34.8 Å². The molecule has 0 spiro atoms. The monoisotopic (exact) mass is 347 g/mol. The third-order valence-electron chi connectivity index (χ3n) is 4.92. The predicted octanol–water partition coefficient (Wildman–Crippen LogP) is 3.92. The third-order valence-corrected chi connectivity index (χ3v) is 4.92. The maximum Gasteiger partial charge on any atom is 0.226 e. The fraction of sp³-hybridized carbons (Fsp3) is 0.238. The molecule has 26 heavy (non-hydrogen) atoms. The fourth-order valence-electron chi connectivity index (χ4n) is 3.57. The summed E-state index contributed by atoms with van der Waals surface area (Å²) in [6.45, 7) is 2.12. The number of carbonyl (C=O) groups excluding carboxylic acids is 1. The summed E-state index contributed by atoms with van der Waals surface area (Å²) >= 11 is 0. The standard InChI is InChI=1S/C21H21N3O2/c1-3-14-7-4-5-10-19(14)24-21-18(13-22-24)17(12-20(25)23-21)15-8-6-9-16(11-15)26-2/h4-11,13,17H,3,12H2,1-2H3,(H,23,25). The first-order valence-corrected chi connectivity index (χ1v) is 8.81. The number of fused-ring (bicyclic) bond motifs is 1. The first kappa shape index (κ1) is 16.4. The summed E-state index contributed by atoms with van der Waals surface area (Å²) in [4.78, 5) is 12.4. The van der Waals surface area contributed by atoms with Crippen molar-refractivity contribution in [1.82, 2.24) is 9.78 Å². The molecule has 0 saturated carbocycles. The lowest BCUT2D eigenvalue weighted by Crippen LogP contribution is -2.24. The van der Waals surface area contributed by atoms with Gasteiger partial charge in [-0.25, -0.2) is 4.68 Å². The zero-order valence-electron chi connectivity index (χ0n) is 14.9.